The van der Waals surface area contributed by atoms with Gasteiger partial charge < -0.3 is 10.2 Å². The zero-order chi connectivity index (χ0) is 16.4. The molecule has 0 aliphatic carbocycles. The quantitative estimate of drug-likeness (QED) is 0.946. The standard InChI is InChI=1S/C19H20N2O2/c1-13-6-5-7-14(10-13)12-20-19(23)18-16-9-4-3-8-15(16)11-17(22)21(18)2/h3-10,18H,11-12H2,1-2H3,(H,20,23)/t18-/m1/s1. The van der Waals surface area contributed by atoms with Crippen LogP contribution in [0.4, 0.5) is 0 Å². The molecule has 0 radical (unpaired) electrons. The minimum atomic E-state index is -0.558. The van der Waals surface area contributed by atoms with E-state index in [9.17, 15) is 9.59 Å². The highest BCUT2D eigenvalue weighted by molar-refractivity contribution is 5.92. The minimum Gasteiger partial charge on any atom is -0.350 e. The predicted octanol–water partition coefficient (Wildman–Crippen LogP) is 2.37. The van der Waals surface area contributed by atoms with E-state index in [-0.39, 0.29) is 11.8 Å². The van der Waals surface area contributed by atoms with Crippen molar-refractivity contribution in [1.29, 1.82) is 0 Å². The van der Waals surface area contributed by atoms with Crippen molar-refractivity contribution in [3.8, 4) is 0 Å². The molecule has 2 amide bonds. The fraction of sp³-hybridized carbons (Fsp3) is 0.263. The predicted molar refractivity (Wildman–Crippen MR) is 88.7 cm³/mol. The normalized spacial score (nSPS) is 16.9. The summed E-state index contributed by atoms with van der Waals surface area (Å²) in [4.78, 5) is 26.3. The second kappa shape index (κ2) is 6.24. The van der Waals surface area contributed by atoms with Crippen molar-refractivity contribution in [2.45, 2.75) is 25.9 Å². The number of fused-ring (bicyclic) bond motifs is 1. The molecule has 0 saturated carbocycles. The Balaban J connectivity index is 1.79. The van der Waals surface area contributed by atoms with E-state index < -0.39 is 6.04 Å². The van der Waals surface area contributed by atoms with Gasteiger partial charge in [0, 0.05) is 13.6 Å². The zero-order valence-corrected chi connectivity index (χ0v) is 13.4. The van der Waals surface area contributed by atoms with Gasteiger partial charge in [-0.25, -0.2) is 0 Å². The van der Waals surface area contributed by atoms with Crippen molar-refractivity contribution in [3.63, 3.8) is 0 Å². The molecule has 118 valence electrons. The minimum absolute atomic E-state index is 0.0283. The average molecular weight is 308 g/mol. The molecular formula is C19H20N2O2. The van der Waals surface area contributed by atoms with E-state index in [1.165, 1.54) is 4.90 Å². The lowest BCUT2D eigenvalue weighted by molar-refractivity contribution is -0.140. The van der Waals surface area contributed by atoms with Crippen LogP contribution in [0.15, 0.2) is 48.5 Å². The third-order valence-corrected chi connectivity index (χ3v) is 4.27. The summed E-state index contributed by atoms with van der Waals surface area (Å²) >= 11 is 0. The number of amides is 2. The van der Waals surface area contributed by atoms with E-state index in [1.807, 2.05) is 55.5 Å². The Morgan fingerprint density at radius 1 is 1.22 bits per heavy atom. The summed E-state index contributed by atoms with van der Waals surface area (Å²) in [5.74, 6) is -0.172. The Morgan fingerprint density at radius 3 is 2.78 bits per heavy atom. The van der Waals surface area contributed by atoms with Crippen molar-refractivity contribution in [1.82, 2.24) is 10.2 Å². The maximum Gasteiger partial charge on any atom is 0.247 e. The number of benzene rings is 2. The highest BCUT2D eigenvalue weighted by atomic mass is 16.2. The SMILES string of the molecule is Cc1cccc(CNC(=O)[C@H]2c3ccccc3CC(=O)N2C)c1. The van der Waals surface area contributed by atoms with Crippen molar-refractivity contribution in [2.24, 2.45) is 0 Å². The molecule has 2 aromatic rings. The van der Waals surface area contributed by atoms with Gasteiger partial charge in [0.05, 0.1) is 6.42 Å². The number of hydrogen-bond donors (Lipinski definition) is 1. The van der Waals surface area contributed by atoms with Crippen LogP contribution in [-0.4, -0.2) is 23.8 Å². The van der Waals surface area contributed by atoms with E-state index in [4.69, 9.17) is 0 Å². The van der Waals surface area contributed by atoms with Gasteiger partial charge in [-0.2, -0.15) is 0 Å². The molecule has 0 unspecified atom stereocenters. The van der Waals surface area contributed by atoms with Crippen molar-refractivity contribution < 1.29 is 9.59 Å². The number of nitrogens with one attached hydrogen (secondary N) is 1. The van der Waals surface area contributed by atoms with E-state index in [2.05, 4.69) is 5.32 Å². The van der Waals surface area contributed by atoms with Gasteiger partial charge in [0.25, 0.3) is 0 Å². The first kappa shape index (κ1) is 15.3. The Labute approximate surface area is 136 Å². The van der Waals surface area contributed by atoms with Gasteiger partial charge in [-0.15, -0.1) is 0 Å². The lowest BCUT2D eigenvalue weighted by Gasteiger charge is -2.33. The van der Waals surface area contributed by atoms with Crippen LogP contribution >= 0.6 is 0 Å². The molecule has 1 N–H and O–H groups in total. The maximum atomic E-state index is 12.7. The van der Waals surface area contributed by atoms with Crippen LogP contribution in [0.5, 0.6) is 0 Å². The van der Waals surface area contributed by atoms with Crippen molar-refractivity contribution in [2.75, 3.05) is 7.05 Å². The molecule has 1 aliphatic rings. The van der Waals surface area contributed by atoms with Crippen molar-refractivity contribution in [3.05, 3.63) is 70.8 Å². The summed E-state index contributed by atoms with van der Waals surface area (Å²) in [5.41, 5.74) is 4.06. The lowest BCUT2D eigenvalue weighted by Crippen LogP contribution is -2.45. The van der Waals surface area contributed by atoms with Gasteiger partial charge in [-0.05, 0) is 23.6 Å². The first-order valence-electron chi connectivity index (χ1n) is 7.73. The molecule has 0 aromatic heterocycles. The summed E-state index contributed by atoms with van der Waals surface area (Å²) in [5, 5.41) is 2.95. The summed E-state index contributed by atoms with van der Waals surface area (Å²) < 4.78 is 0. The summed E-state index contributed by atoms with van der Waals surface area (Å²) in [7, 11) is 1.69. The van der Waals surface area contributed by atoms with Crippen LogP contribution < -0.4 is 5.32 Å². The Bertz CT molecular complexity index is 755. The van der Waals surface area contributed by atoms with Gasteiger partial charge in [0.1, 0.15) is 6.04 Å². The number of rotatable bonds is 3. The van der Waals surface area contributed by atoms with Crippen LogP contribution in [0.1, 0.15) is 28.3 Å². The third-order valence-electron chi connectivity index (χ3n) is 4.27. The van der Waals surface area contributed by atoms with Gasteiger partial charge in [0.15, 0.2) is 0 Å². The van der Waals surface area contributed by atoms with Crippen LogP contribution in [0.25, 0.3) is 0 Å². The van der Waals surface area contributed by atoms with Crippen molar-refractivity contribution >= 4 is 11.8 Å². The molecule has 0 bridgehead atoms. The maximum absolute atomic E-state index is 12.7. The topological polar surface area (TPSA) is 49.4 Å². The molecule has 1 aliphatic heterocycles. The van der Waals surface area contributed by atoms with Crippen LogP contribution in [0, 0.1) is 6.92 Å². The number of nitrogens with zero attached hydrogens (tertiary/aromatic N) is 1. The van der Waals surface area contributed by atoms with E-state index in [1.54, 1.807) is 7.05 Å². The fourth-order valence-electron chi connectivity index (χ4n) is 3.03. The Morgan fingerprint density at radius 2 is 2.00 bits per heavy atom. The summed E-state index contributed by atoms with van der Waals surface area (Å²) in [6.07, 6.45) is 0.355. The molecule has 0 spiro atoms. The highest BCUT2D eigenvalue weighted by Gasteiger charge is 2.34. The van der Waals surface area contributed by atoms with E-state index in [0.717, 1.165) is 22.3 Å². The van der Waals surface area contributed by atoms with Crippen LogP contribution in [0.3, 0.4) is 0 Å². The van der Waals surface area contributed by atoms with E-state index >= 15 is 0 Å². The second-order valence-corrected chi connectivity index (χ2v) is 5.99. The van der Waals surface area contributed by atoms with Gasteiger partial charge >= 0.3 is 0 Å². The summed E-state index contributed by atoms with van der Waals surface area (Å²) in [6, 6.07) is 15.1. The fourth-order valence-corrected chi connectivity index (χ4v) is 3.03. The summed E-state index contributed by atoms with van der Waals surface area (Å²) in [6.45, 7) is 2.48. The Kier molecular flexibility index (Phi) is 4.15. The van der Waals surface area contributed by atoms with E-state index in [0.29, 0.717) is 13.0 Å². The van der Waals surface area contributed by atoms with Crippen LogP contribution in [0.2, 0.25) is 0 Å². The van der Waals surface area contributed by atoms with Gasteiger partial charge in [0.2, 0.25) is 11.8 Å². The molecule has 23 heavy (non-hydrogen) atoms. The molecule has 3 rings (SSSR count). The second-order valence-electron chi connectivity index (χ2n) is 5.99. The molecule has 1 atom stereocenters. The number of carbonyl (C=O) groups is 2. The first-order chi connectivity index (χ1) is 11.1. The monoisotopic (exact) mass is 308 g/mol. The Hall–Kier alpha value is -2.62. The first-order valence-corrected chi connectivity index (χ1v) is 7.73. The van der Waals surface area contributed by atoms with Crippen LogP contribution in [-0.2, 0) is 22.6 Å². The van der Waals surface area contributed by atoms with Gasteiger partial charge in [-0.3, -0.25) is 9.59 Å². The molecule has 1 heterocycles. The lowest BCUT2D eigenvalue weighted by atomic mass is 9.92. The van der Waals surface area contributed by atoms with Gasteiger partial charge in [-0.1, -0.05) is 54.1 Å². The average Bonchev–Trinajstić information content (AvgIpc) is 2.54. The molecule has 0 fully saturated rings. The number of carbonyl (C=O) groups excluding carboxylic acids is 2. The third kappa shape index (κ3) is 3.11. The molecule has 2 aromatic carbocycles. The smallest absolute Gasteiger partial charge is 0.247 e. The molecular weight excluding hydrogens is 288 g/mol. The number of hydrogen-bond acceptors (Lipinski definition) is 2. The number of aryl methyl sites for hydroxylation is 1. The highest BCUT2D eigenvalue weighted by Crippen LogP contribution is 2.29. The molecule has 4 nitrogen and oxygen atoms in total. The molecule has 0 saturated heterocycles. The molecule has 4 heteroatoms. The zero-order valence-electron chi connectivity index (χ0n) is 13.4. The number of likely N-dealkylation sites (N-methyl/N-ethyl adjacent to an activating group) is 1. The largest absolute Gasteiger partial charge is 0.350 e.